The van der Waals surface area contributed by atoms with Gasteiger partial charge in [-0.05, 0) is 38.0 Å². The zero-order valence-electron chi connectivity index (χ0n) is 16.9. The van der Waals surface area contributed by atoms with E-state index in [-0.39, 0.29) is 11.9 Å². The first-order valence-electron chi connectivity index (χ1n) is 9.82. The Bertz CT molecular complexity index is 1060. The SMILES string of the molecule is CCOC(=O)C1CCCN(c2ncnc(Nc3nc4ccc(OC)cc4s3)c2N)C1. The lowest BCUT2D eigenvalue weighted by Gasteiger charge is -2.33. The number of hydrogen-bond acceptors (Lipinski definition) is 10. The average molecular weight is 429 g/mol. The molecule has 0 saturated carbocycles. The minimum absolute atomic E-state index is 0.168. The van der Waals surface area contributed by atoms with Gasteiger partial charge in [0.1, 0.15) is 17.8 Å². The molecule has 3 heterocycles. The third-order valence-corrected chi connectivity index (χ3v) is 5.96. The number of carbonyl (C=O) groups is 1. The fourth-order valence-corrected chi connectivity index (χ4v) is 4.44. The van der Waals surface area contributed by atoms with Crippen molar-refractivity contribution in [2.24, 2.45) is 5.92 Å². The van der Waals surface area contributed by atoms with E-state index in [1.54, 1.807) is 7.11 Å². The number of nitrogens with two attached hydrogens (primary N) is 1. The Balaban J connectivity index is 1.55. The smallest absolute Gasteiger partial charge is 0.310 e. The zero-order chi connectivity index (χ0) is 21.1. The number of carbonyl (C=O) groups excluding carboxylic acids is 1. The standard InChI is InChI=1S/C20H24N6O3S/c1-3-29-19(27)12-5-4-8-26(10-12)18-16(21)17(22-11-23-18)25-20-24-14-7-6-13(28-2)9-15(14)30-20/h6-7,9,11-12H,3-5,8,10,21H2,1-2H3,(H,22,23,24,25). The van der Waals surface area contributed by atoms with Gasteiger partial charge in [-0.25, -0.2) is 15.0 Å². The maximum Gasteiger partial charge on any atom is 0.310 e. The summed E-state index contributed by atoms with van der Waals surface area (Å²) in [7, 11) is 1.64. The summed E-state index contributed by atoms with van der Waals surface area (Å²) in [6.45, 7) is 3.50. The molecule has 1 fully saturated rings. The molecule has 1 aliphatic rings. The molecular formula is C20H24N6O3S. The predicted molar refractivity (Wildman–Crippen MR) is 117 cm³/mol. The Morgan fingerprint density at radius 1 is 1.40 bits per heavy atom. The van der Waals surface area contributed by atoms with E-state index in [1.165, 1.54) is 17.7 Å². The van der Waals surface area contributed by atoms with Gasteiger partial charge < -0.3 is 25.4 Å². The minimum atomic E-state index is -0.177. The Kier molecular flexibility index (Phi) is 5.84. The van der Waals surface area contributed by atoms with E-state index < -0.39 is 0 Å². The molecule has 9 nitrogen and oxygen atoms in total. The lowest BCUT2D eigenvalue weighted by Crippen LogP contribution is -2.40. The summed E-state index contributed by atoms with van der Waals surface area (Å²) < 4.78 is 11.5. The van der Waals surface area contributed by atoms with Crippen molar-refractivity contribution in [1.29, 1.82) is 0 Å². The van der Waals surface area contributed by atoms with Crippen LogP contribution in [0, 0.1) is 5.92 Å². The summed E-state index contributed by atoms with van der Waals surface area (Å²) in [5, 5.41) is 3.88. The van der Waals surface area contributed by atoms with Crippen LogP contribution in [0.3, 0.4) is 0 Å². The number of esters is 1. The number of anilines is 4. The Hall–Kier alpha value is -3.14. The first-order valence-corrected chi connectivity index (χ1v) is 10.6. The van der Waals surface area contributed by atoms with E-state index in [0.717, 1.165) is 35.4 Å². The van der Waals surface area contributed by atoms with Crippen LogP contribution in [0.2, 0.25) is 0 Å². The molecule has 1 saturated heterocycles. The quantitative estimate of drug-likeness (QED) is 0.571. The van der Waals surface area contributed by atoms with Crippen molar-refractivity contribution in [3.8, 4) is 5.75 Å². The van der Waals surface area contributed by atoms with Crippen LogP contribution in [-0.2, 0) is 9.53 Å². The number of rotatable bonds is 6. The van der Waals surface area contributed by atoms with Crippen LogP contribution in [0.15, 0.2) is 24.5 Å². The molecule has 1 aliphatic heterocycles. The molecule has 1 atom stereocenters. The number of nitrogens with zero attached hydrogens (tertiary/aromatic N) is 4. The summed E-state index contributed by atoms with van der Waals surface area (Å²) in [5.41, 5.74) is 7.69. The molecule has 3 aromatic rings. The summed E-state index contributed by atoms with van der Waals surface area (Å²) >= 11 is 1.49. The van der Waals surface area contributed by atoms with E-state index in [9.17, 15) is 4.79 Å². The highest BCUT2D eigenvalue weighted by Gasteiger charge is 2.29. The van der Waals surface area contributed by atoms with Crippen LogP contribution in [0.1, 0.15) is 19.8 Å². The second kappa shape index (κ2) is 8.70. The first-order chi connectivity index (χ1) is 14.6. The van der Waals surface area contributed by atoms with Crippen LogP contribution >= 0.6 is 11.3 Å². The molecule has 3 N–H and O–H groups in total. The fourth-order valence-electron chi connectivity index (χ4n) is 3.55. The minimum Gasteiger partial charge on any atom is -0.497 e. The number of piperidine rings is 1. The molecule has 0 radical (unpaired) electrons. The molecule has 0 spiro atoms. The largest absolute Gasteiger partial charge is 0.497 e. The highest BCUT2D eigenvalue weighted by Crippen LogP contribution is 2.34. The van der Waals surface area contributed by atoms with Crippen molar-refractivity contribution < 1.29 is 14.3 Å². The van der Waals surface area contributed by atoms with Crippen molar-refractivity contribution in [2.45, 2.75) is 19.8 Å². The molecular weight excluding hydrogens is 404 g/mol. The number of methoxy groups -OCH3 is 1. The number of ether oxygens (including phenoxy) is 2. The van der Waals surface area contributed by atoms with Gasteiger partial charge in [0.05, 0.1) is 29.9 Å². The van der Waals surface area contributed by atoms with Gasteiger partial charge in [0.2, 0.25) is 0 Å². The van der Waals surface area contributed by atoms with Gasteiger partial charge in [-0.15, -0.1) is 0 Å². The number of thiazole rings is 1. The van der Waals surface area contributed by atoms with E-state index in [4.69, 9.17) is 15.2 Å². The maximum absolute atomic E-state index is 12.2. The normalized spacial score (nSPS) is 16.5. The molecule has 1 aromatic carbocycles. The van der Waals surface area contributed by atoms with E-state index >= 15 is 0 Å². The van der Waals surface area contributed by atoms with Crippen LogP contribution in [-0.4, -0.2) is 47.7 Å². The Morgan fingerprint density at radius 3 is 3.07 bits per heavy atom. The predicted octanol–water partition coefficient (Wildman–Crippen LogP) is 3.20. The second-order valence-electron chi connectivity index (χ2n) is 6.97. The summed E-state index contributed by atoms with van der Waals surface area (Å²) in [4.78, 5) is 27.4. The maximum atomic E-state index is 12.2. The molecule has 0 amide bonds. The van der Waals surface area contributed by atoms with Crippen LogP contribution < -0.4 is 20.7 Å². The summed E-state index contributed by atoms with van der Waals surface area (Å²) in [6.07, 6.45) is 3.15. The topological polar surface area (TPSA) is 115 Å². The lowest BCUT2D eigenvalue weighted by molar-refractivity contribution is -0.148. The van der Waals surface area contributed by atoms with Gasteiger partial charge in [-0.3, -0.25) is 4.79 Å². The van der Waals surface area contributed by atoms with Crippen molar-refractivity contribution in [3.63, 3.8) is 0 Å². The molecule has 1 unspecified atom stereocenters. The molecule has 0 aliphatic carbocycles. The van der Waals surface area contributed by atoms with Crippen molar-refractivity contribution in [2.75, 3.05) is 42.8 Å². The lowest BCUT2D eigenvalue weighted by atomic mass is 9.98. The number of nitrogens with one attached hydrogen (secondary N) is 1. The van der Waals surface area contributed by atoms with Gasteiger partial charge in [-0.2, -0.15) is 0 Å². The van der Waals surface area contributed by atoms with E-state index in [2.05, 4.69) is 20.3 Å². The second-order valence-corrected chi connectivity index (χ2v) is 8.01. The van der Waals surface area contributed by atoms with Gasteiger partial charge >= 0.3 is 5.97 Å². The third kappa shape index (κ3) is 4.09. The third-order valence-electron chi connectivity index (χ3n) is 5.02. The number of aromatic nitrogens is 3. The first kappa shape index (κ1) is 20.1. The number of hydrogen-bond donors (Lipinski definition) is 2. The van der Waals surface area contributed by atoms with Crippen LogP contribution in [0.4, 0.5) is 22.5 Å². The molecule has 4 rings (SSSR count). The molecule has 2 aromatic heterocycles. The van der Waals surface area contributed by atoms with Crippen molar-refractivity contribution in [3.05, 3.63) is 24.5 Å². The Labute approximate surface area is 178 Å². The Morgan fingerprint density at radius 2 is 2.27 bits per heavy atom. The van der Waals surface area contributed by atoms with E-state index in [0.29, 0.717) is 35.6 Å². The molecule has 158 valence electrons. The summed E-state index contributed by atoms with van der Waals surface area (Å²) in [5.74, 6) is 1.54. The van der Waals surface area contributed by atoms with Gasteiger partial charge in [-0.1, -0.05) is 11.3 Å². The molecule has 30 heavy (non-hydrogen) atoms. The summed E-state index contributed by atoms with van der Waals surface area (Å²) in [6, 6.07) is 5.73. The van der Waals surface area contributed by atoms with Gasteiger partial charge in [0.25, 0.3) is 0 Å². The van der Waals surface area contributed by atoms with Crippen LogP contribution in [0.25, 0.3) is 10.2 Å². The monoisotopic (exact) mass is 428 g/mol. The molecule has 10 heteroatoms. The van der Waals surface area contributed by atoms with E-state index in [1.807, 2.05) is 30.0 Å². The average Bonchev–Trinajstić information content (AvgIpc) is 3.17. The van der Waals surface area contributed by atoms with Crippen molar-refractivity contribution in [1.82, 2.24) is 15.0 Å². The van der Waals surface area contributed by atoms with Gasteiger partial charge in [0.15, 0.2) is 16.8 Å². The fraction of sp³-hybridized carbons (Fsp3) is 0.400. The number of nitrogen functional groups attached to an aromatic ring is 1. The van der Waals surface area contributed by atoms with Crippen molar-refractivity contribution >= 4 is 50.0 Å². The number of fused-ring (bicyclic) bond motifs is 1. The highest BCUT2D eigenvalue weighted by molar-refractivity contribution is 7.22. The van der Waals surface area contributed by atoms with Crippen LogP contribution in [0.5, 0.6) is 5.75 Å². The zero-order valence-corrected chi connectivity index (χ0v) is 17.7. The van der Waals surface area contributed by atoms with Gasteiger partial charge in [0, 0.05) is 13.1 Å². The molecule has 0 bridgehead atoms. The number of benzene rings is 1. The highest BCUT2D eigenvalue weighted by atomic mass is 32.1.